The Morgan fingerprint density at radius 2 is 2.15 bits per heavy atom. The highest BCUT2D eigenvalue weighted by molar-refractivity contribution is 5.73. The minimum atomic E-state index is 0.00834. The van der Waals surface area contributed by atoms with E-state index >= 15 is 0 Å². The van der Waals surface area contributed by atoms with Crippen LogP contribution in [0.4, 0.5) is 0 Å². The predicted octanol–water partition coefficient (Wildman–Crippen LogP) is 2.19. The predicted molar refractivity (Wildman–Crippen MR) is 53.4 cm³/mol. The van der Waals surface area contributed by atoms with Crippen LogP contribution in [0.1, 0.15) is 31.0 Å². The fourth-order valence-corrected chi connectivity index (χ4v) is 1.33. The third-order valence-electron chi connectivity index (χ3n) is 1.96. The Morgan fingerprint density at radius 3 is 2.69 bits per heavy atom. The van der Waals surface area contributed by atoms with Crippen LogP contribution in [0, 0.1) is 6.92 Å². The molecule has 0 aliphatic carbocycles. The lowest BCUT2D eigenvalue weighted by atomic mass is 10.1. The Kier molecular flexibility index (Phi) is 3.07. The van der Waals surface area contributed by atoms with Gasteiger partial charge < -0.3 is 5.32 Å². The van der Waals surface area contributed by atoms with Crippen LogP contribution < -0.4 is 5.32 Å². The SMILES string of the molecule is CC(=O)NC(C)c1cccc(C)c1. The molecule has 0 fully saturated rings. The number of aryl methyl sites for hydroxylation is 1. The van der Waals surface area contributed by atoms with Crippen molar-refractivity contribution >= 4 is 5.91 Å². The molecular formula is C11H15NO. The number of carbonyl (C=O) groups is 1. The summed E-state index contributed by atoms with van der Waals surface area (Å²) >= 11 is 0. The maximum atomic E-state index is 10.8. The molecule has 0 aliphatic rings. The number of benzene rings is 1. The molecule has 0 spiro atoms. The third-order valence-corrected chi connectivity index (χ3v) is 1.96. The van der Waals surface area contributed by atoms with Crippen molar-refractivity contribution < 1.29 is 4.79 Å². The Balaban J connectivity index is 2.76. The number of rotatable bonds is 2. The molecule has 1 aromatic rings. The Bertz CT molecular complexity index is 307. The summed E-state index contributed by atoms with van der Waals surface area (Å²) in [6.07, 6.45) is 0. The molecule has 1 atom stereocenters. The van der Waals surface area contributed by atoms with Gasteiger partial charge in [0.15, 0.2) is 0 Å². The number of carbonyl (C=O) groups excluding carboxylic acids is 1. The molecule has 0 bridgehead atoms. The van der Waals surface area contributed by atoms with Gasteiger partial charge in [0.1, 0.15) is 0 Å². The molecule has 1 N–H and O–H groups in total. The summed E-state index contributed by atoms with van der Waals surface area (Å²) in [5.74, 6) is 0.00834. The van der Waals surface area contributed by atoms with Gasteiger partial charge in [-0.1, -0.05) is 29.8 Å². The molecule has 13 heavy (non-hydrogen) atoms. The van der Waals surface area contributed by atoms with Crippen LogP contribution in [0.5, 0.6) is 0 Å². The van der Waals surface area contributed by atoms with Crippen LogP contribution in [0.3, 0.4) is 0 Å². The monoisotopic (exact) mass is 177 g/mol. The fourth-order valence-electron chi connectivity index (χ4n) is 1.33. The van der Waals surface area contributed by atoms with Gasteiger partial charge in [-0.2, -0.15) is 0 Å². The minimum absolute atomic E-state index is 0.00834. The van der Waals surface area contributed by atoms with Gasteiger partial charge in [-0.3, -0.25) is 4.79 Å². The molecule has 0 radical (unpaired) electrons. The van der Waals surface area contributed by atoms with Crippen LogP contribution in [0.25, 0.3) is 0 Å². The molecule has 0 aliphatic heterocycles. The first kappa shape index (κ1) is 9.78. The summed E-state index contributed by atoms with van der Waals surface area (Å²) < 4.78 is 0. The quantitative estimate of drug-likeness (QED) is 0.737. The minimum Gasteiger partial charge on any atom is -0.350 e. The number of hydrogen-bond acceptors (Lipinski definition) is 1. The lowest BCUT2D eigenvalue weighted by Crippen LogP contribution is -2.23. The van der Waals surface area contributed by atoms with Crippen molar-refractivity contribution in [3.8, 4) is 0 Å². The highest BCUT2D eigenvalue weighted by Crippen LogP contribution is 2.13. The van der Waals surface area contributed by atoms with E-state index in [1.54, 1.807) is 0 Å². The van der Waals surface area contributed by atoms with Crippen molar-refractivity contribution in [2.45, 2.75) is 26.8 Å². The third kappa shape index (κ3) is 2.90. The van der Waals surface area contributed by atoms with Crippen molar-refractivity contribution in [1.29, 1.82) is 0 Å². The molecule has 0 saturated carbocycles. The zero-order valence-electron chi connectivity index (χ0n) is 8.29. The van der Waals surface area contributed by atoms with Gasteiger partial charge >= 0.3 is 0 Å². The zero-order valence-corrected chi connectivity index (χ0v) is 8.29. The van der Waals surface area contributed by atoms with E-state index in [0.717, 1.165) is 5.56 Å². The van der Waals surface area contributed by atoms with Crippen molar-refractivity contribution in [2.24, 2.45) is 0 Å². The van der Waals surface area contributed by atoms with Crippen LogP contribution in [-0.2, 0) is 4.79 Å². The van der Waals surface area contributed by atoms with Crippen LogP contribution in [0.2, 0.25) is 0 Å². The van der Waals surface area contributed by atoms with E-state index in [1.807, 2.05) is 32.0 Å². The average Bonchev–Trinajstić information content (AvgIpc) is 2.03. The summed E-state index contributed by atoms with van der Waals surface area (Å²) in [6.45, 7) is 5.56. The highest BCUT2D eigenvalue weighted by Gasteiger charge is 2.05. The highest BCUT2D eigenvalue weighted by atomic mass is 16.1. The molecule has 0 aromatic heterocycles. The van der Waals surface area contributed by atoms with E-state index in [4.69, 9.17) is 0 Å². The van der Waals surface area contributed by atoms with Gasteiger partial charge in [0.2, 0.25) is 5.91 Å². The topological polar surface area (TPSA) is 29.1 Å². The molecular weight excluding hydrogens is 162 g/mol. The van der Waals surface area contributed by atoms with Gasteiger partial charge in [0, 0.05) is 6.92 Å². The lowest BCUT2D eigenvalue weighted by Gasteiger charge is -2.12. The summed E-state index contributed by atoms with van der Waals surface area (Å²) in [7, 11) is 0. The fraction of sp³-hybridized carbons (Fsp3) is 0.364. The van der Waals surface area contributed by atoms with E-state index in [9.17, 15) is 4.79 Å². The summed E-state index contributed by atoms with van der Waals surface area (Å²) in [4.78, 5) is 10.8. The summed E-state index contributed by atoms with van der Waals surface area (Å²) in [6, 6.07) is 8.25. The van der Waals surface area contributed by atoms with Gasteiger partial charge in [0.05, 0.1) is 6.04 Å². The van der Waals surface area contributed by atoms with Crippen molar-refractivity contribution in [1.82, 2.24) is 5.32 Å². The molecule has 1 aromatic carbocycles. The molecule has 0 saturated heterocycles. The largest absolute Gasteiger partial charge is 0.350 e. The molecule has 2 nitrogen and oxygen atoms in total. The smallest absolute Gasteiger partial charge is 0.217 e. The summed E-state index contributed by atoms with van der Waals surface area (Å²) in [5.41, 5.74) is 2.37. The van der Waals surface area contributed by atoms with E-state index in [1.165, 1.54) is 12.5 Å². The number of nitrogens with one attached hydrogen (secondary N) is 1. The van der Waals surface area contributed by atoms with E-state index in [0.29, 0.717) is 0 Å². The molecule has 1 amide bonds. The second-order valence-electron chi connectivity index (χ2n) is 3.34. The van der Waals surface area contributed by atoms with E-state index < -0.39 is 0 Å². The van der Waals surface area contributed by atoms with Crippen LogP contribution in [0.15, 0.2) is 24.3 Å². The average molecular weight is 177 g/mol. The van der Waals surface area contributed by atoms with Gasteiger partial charge in [-0.15, -0.1) is 0 Å². The Labute approximate surface area is 79.0 Å². The first-order chi connectivity index (χ1) is 6.09. The van der Waals surface area contributed by atoms with Crippen LogP contribution >= 0.6 is 0 Å². The zero-order chi connectivity index (χ0) is 9.84. The second kappa shape index (κ2) is 4.08. The van der Waals surface area contributed by atoms with Crippen LogP contribution in [-0.4, -0.2) is 5.91 Å². The molecule has 70 valence electrons. The Morgan fingerprint density at radius 1 is 1.46 bits per heavy atom. The first-order valence-electron chi connectivity index (χ1n) is 4.43. The van der Waals surface area contributed by atoms with E-state index in [-0.39, 0.29) is 11.9 Å². The lowest BCUT2D eigenvalue weighted by molar-refractivity contribution is -0.119. The van der Waals surface area contributed by atoms with Crippen molar-refractivity contribution in [2.75, 3.05) is 0 Å². The molecule has 1 unspecified atom stereocenters. The second-order valence-corrected chi connectivity index (χ2v) is 3.34. The maximum absolute atomic E-state index is 10.8. The first-order valence-corrected chi connectivity index (χ1v) is 4.43. The summed E-state index contributed by atoms with van der Waals surface area (Å²) in [5, 5.41) is 2.85. The Hall–Kier alpha value is -1.31. The molecule has 0 heterocycles. The van der Waals surface area contributed by atoms with E-state index in [2.05, 4.69) is 11.4 Å². The molecule has 2 heteroatoms. The normalized spacial score (nSPS) is 12.2. The molecule has 1 rings (SSSR count). The maximum Gasteiger partial charge on any atom is 0.217 e. The number of hydrogen-bond donors (Lipinski definition) is 1. The van der Waals surface area contributed by atoms with Gasteiger partial charge in [-0.05, 0) is 19.4 Å². The van der Waals surface area contributed by atoms with Crippen molar-refractivity contribution in [3.05, 3.63) is 35.4 Å². The van der Waals surface area contributed by atoms with Crippen molar-refractivity contribution in [3.63, 3.8) is 0 Å². The van der Waals surface area contributed by atoms with Gasteiger partial charge in [-0.25, -0.2) is 0 Å². The standard InChI is InChI=1S/C11H15NO/c1-8-5-4-6-11(7-8)9(2)12-10(3)13/h4-7,9H,1-3H3,(H,12,13). The van der Waals surface area contributed by atoms with Gasteiger partial charge in [0.25, 0.3) is 0 Å². The number of amides is 1.